The molecule has 0 saturated carbocycles. The second-order valence-electron chi connectivity index (χ2n) is 5.44. The Morgan fingerprint density at radius 2 is 2.12 bits per heavy atom. The molecule has 0 aromatic carbocycles. The van der Waals surface area contributed by atoms with E-state index >= 15 is 0 Å². The smallest absolute Gasteiger partial charge is 0.338 e. The molecule has 0 aliphatic carbocycles. The lowest BCUT2D eigenvalue weighted by atomic mass is 9.96. The molecule has 5 heteroatoms. The molecule has 16 heavy (non-hydrogen) atoms. The standard InChI is InChI=1S/C11H19NO4/c1-10(2,3)16-9(13)8-4-14-7-11(15-8)5-12-6-11/h8,12H,4-7H2,1-3H3. The van der Waals surface area contributed by atoms with Crippen LogP contribution in [0.2, 0.25) is 0 Å². The maximum Gasteiger partial charge on any atom is 0.338 e. The van der Waals surface area contributed by atoms with Crippen molar-refractivity contribution in [1.82, 2.24) is 5.32 Å². The topological polar surface area (TPSA) is 56.8 Å². The summed E-state index contributed by atoms with van der Waals surface area (Å²) in [5.41, 5.74) is -0.789. The van der Waals surface area contributed by atoms with E-state index in [-0.39, 0.29) is 18.2 Å². The minimum absolute atomic E-state index is 0.288. The van der Waals surface area contributed by atoms with Gasteiger partial charge < -0.3 is 19.5 Å². The molecule has 92 valence electrons. The van der Waals surface area contributed by atoms with Crippen LogP contribution in [0.3, 0.4) is 0 Å². The van der Waals surface area contributed by atoms with Crippen molar-refractivity contribution >= 4 is 5.97 Å². The van der Waals surface area contributed by atoms with Gasteiger partial charge in [0.15, 0.2) is 6.10 Å². The molecule has 2 aliphatic heterocycles. The fourth-order valence-corrected chi connectivity index (χ4v) is 1.79. The molecular formula is C11H19NO4. The Hall–Kier alpha value is -0.650. The van der Waals surface area contributed by atoms with Crippen LogP contribution in [0.15, 0.2) is 0 Å². The van der Waals surface area contributed by atoms with Gasteiger partial charge in [-0.1, -0.05) is 0 Å². The number of ether oxygens (including phenoxy) is 3. The fraction of sp³-hybridized carbons (Fsp3) is 0.909. The van der Waals surface area contributed by atoms with Gasteiger partial charge >= 0.3 is 5.97 Å². The van der Waals surface area contributed by atoms with Gasteiger partial charge in [-0.15, -0.1) is 0 Å². The van der Waals surface area contributed by atoms with Crippen molar-refractivity contribution < 1.29 is 19.0 Å². The van der Waals surface area contributed by atoms with Gasteiger partial charge in [0, 0.05) is 13.1 Å². The molecule has 2 heterocycles. The maximum atomic E-state index is 11.8. The zero-order valence-electron chi connectivity index (χ0n) is 10.0. The zero-order chi connectivity index (χ0) is 11.8. The van der Waals surface area contributed by atoms with Gasteiger partial charge in [0.1, 0.15) is 11.2 Å². The minimum atomic E-state index is -0.588. The first-order valence-electron chi connectivity index (χ1n) is 5.59. The van der Waals surface area contributed by atoms with Crippen LogP contribution in [-0.4, -0.2) is 49.6 Å². The lowest BCUT2D eigenvalue weighted by Crippen LogP contribution is -2.68. The minimum Gasteiger partial charge on any atom is -0.458 e. The highest BCUT2D eigenvalue weighted by Crippen LogP contribution is 2.25. The van der Waals surface area contributed by atoms with Crippen molar-refractivity contribution in [2.75, 3.05) is 26.3 Å². The molecule has 2 fully saturated rings. The number of carbonyl (C=O) groups is 1. The van der Waals surface area contributed by atoms with E-state index in [1.165, 1.54) is 0 Å². The highest BCUT2D eigenvalue weighted by Gasteiger charge is 2.46. The summed E-state index contributed by atoms with van der Waals surface area (Å²) >= 11 is 0. The molecular weight excluding hydrogens is 210 g/mol. The molecule has 2 aliphatic rings. The van der Waals surface area contributed by atoms with Crippen LogP contribution < -0.4 is 5.32 Å². The molecule has 0 radical (unpaired) electrons. The first kappa shape index (κ1) is 11.8. The largest absolute Gasteiger partial charge is 0.458 e. The Morgan fingerprint density at radius 1 is 1.44 bits per heavy atom. The third-order valence-electron chi connectivity index (χ3n) is 2.59. The summed E-state index contributed by atoms with van der Waals surface area (Å²) in [4.78, 5) is 11.8. The van der Waals surface area contributed by atoms with E-state index in [0.717, 1.165) is 13.1 Å². The van der Waals surface area contributed by atoms with E-state index in [9.17, 15) is 4.79 Å². The second kappa shape index (κ2) is 3.98. The molecule has 0 amide bonds. The van der Waals surface area contributed by atoms with Crippen molar-refractivity contribution in [3.8, 4) is 0 Å². The first-order valence-corrected chi connectivity index (χ1v) is 5.59. The molecule has 2 saturated heterocycles. The van der Waals surface area contributed by atoms with Crippen molar-refractivity contribution in [1.29, 1.82) is 0 Å². The molecule has 0 aromatic rings. The van der Waals surface area contributed by atoms with Crippen LogP contribution in [0, 0.1) is 0 Å². The van der Waals surface area contributed by atoms with Gasteiger partial charge in [0.25, 0.3) is 0 Å². The fourth-order valence-electron chi connectivity index (χ4n) is 1.79. The van der Waals surface area contributed by atoms with E-state index in [1.807, 2.05) is 20.8 Å². The highest BCUT2D eigenvalue weighted by atomic mass is 16.6. The normalized spacial score (nSPS) is 28.6. The van der Waals surface area contributed by atoms with Gasteiger partial charge in [-0.05, 0) is 20.8 Å². The molecule has 1 atom stereocenters. The van der Waals surface area contributed by atoms with Crippen molar-refractivity contribution in [2.24, 2.45) is 0 Å². The van der Waals surface area contributed by atoms with Crippen LogP contribution in [0.4, 0.5) is 0 Å². The highest BCUT2D eigenvalue weighted by molar-refractivity contribution is 5.75. The molecule has 0 aromatic heterocycles. The number of nitrogens with one attached hydrogen (secondary N) is 1. The van der Waals surface area contributed by atoms with Crippen molar-refractivity contribution in [3.63, 3.8) is 0 Å². The van der Waals surface area contributed by atoms with Crippen LogP contribution in [0.1, 0.15) is 20.8 Å². The molecule has 1 spiro atoms. The van der Waals surface area contributed by atoms with Crippen LogP contribution >= 0.6 is 0 Å². The number of rotatable bonds is 1. The van der Waals surface area contributed by atoms with E-state index in [2.05, 4.69) is 5.32 Å². The Labute approximate surface area is 95.4 Å². The first-order chi connectivity index (χ1) is 7.40. The summed E-state index contributed by atoms with van der Waals surface area (Å²) in [7, 11) is 0. The Kier molecular flexibility index (Phi) is 2.94. The predicted octanol–water partition coefficient (Wildman–Crippen LogP) is 0.0855. The van der Waals surface area contributed by atoms with Gasteiger partial charge in [0.2, 0.25) is 0 Å². The molecule has 5 nitrogen and oxygen atoms in total. The molecule has 0 bridgehead atoms. The summed E-state index contributed by atoms with van der Waals surface area (Å²) < 4.78 is 16.4. The quantitative estimate of drug-likeness (QED) is 0.646. The van der Waals surface area contributed by atoms with Crippen LogP contribution in [0.5, 0.6) is 0 Å². The van der Waals surface area contributed by atoms with Gasteiger partial charge in [-0.25, -0.2) is 4.79 Å². The summed E-state index contributed by atoms with van der Waals surface area (Å²) in [5.74, 6) is -0.335. The molecule has 1 N–H and O–H groups in total. The third-order valence-corrected chi connectivity index (χ3v) is 2.59. The average Bonchev–Trinajstić information content (AvgIpc) is 2.13. The average molecular weight is 229 g/mol. The molecule has 2 rings (SSSR count). The van der Waals surface area contributed by atoms with E-state index in [1.54, 1.807) is 0 Å². The number of carbonyl (C=O) groups excluding carboxylic acids is 1. The summed E-state index contributed by atoms with van der Waals surface area (Å²) in [6, 6.07) is 0. The van der Waals surface area contributed by atoms with E-state index in [4.69, 9.17) is 14.2 Å². The molecule has 1 unspecified atom stereocenters. The van der Waals surface area contributed by atoms with Crippen molar-refractivity contribution in [3.05, 3.63) is 0 Å². The SMILES string of the molecule is CC(C)(C)OC(=O)C1COCC2(CNC2)O1. The summed E-state index contributed by atoms with van der Waals surface area (Å²) in [6.07, 6.45) is -0.588. The van der Waals surface area contributed by atoms with Crippen LogP contribution in [0.25, 0.3) is 0 Å². The lowest BCUT2D eigenvalue weighted by molar-refractivity contribution is -0.231. The second-order valence-corrected chi connectivity index (χ2v) is 5.44. The Bertz CT molecular complexity index is 280. The summed E-state index contributed by atoms with van der Waals surface area (Å²) in [5, 5.41) is 3.12. The summed E-state index contributed by atoms with van der Waals surface area (Å²) in [6.45, 7) is 7.86. The van der Waals surface area contributed by atoms with Gasteiger partial charge in [-0.2, -0.15) is 0 Å². The number of esters is 1. The van der Waals surface area contributed by atoms with Crippen LogP contribution in [-0.2, 0) is 19.0 Å². The van der Waals surface area contributed by atoms with Gasteiger partial charge in [0.05, 0.1) is 13.2 Å². The van der Waals surface area contributed by atoms with Crippen molar-refractivity contribution in [2.45, 2.75) is 38.1 Å². The predicted molar refractivity (Wildman–Crippen MR) is 57.1 cm³/mol. The van der Waals surface area contributed by atoms with E-state index < -0.39 is 11.7 Å². The lowest BCUT2D eigenvalue weighted by Gasteiger charge is -2.46. The van der Waals surface area contributed by atoms with E-state index in [0.29, 0.717) is 6.61 Å². The Balaban J connectivity index is 1.91. The number of hydrogen-bond acceptors (Lipinski definition) is 5. The number of hydrogen-bond donors (Lipinski definition) is 1. The van der Waals surface area contributed by atoms with Gasteiger partial charge in [-0.3, -0.25) is 0 Å². The monoisotopic (exact) mass is 229 g/mol. The zero-order valence-corrected chi connectivity index (χ0v) is 10.0. The Morgan fingerprint density at radius 3 is 2.62 bits per heavy atom. The maximum absolute atomic E-state index is 11.8. The third kappa shape index (κ3) is 2.53.